The highest BCUT2D eigenvalue weighted by molar-refractivity contribution is 5.88. The number of aromatic carboxylic acids is 1. The Kier molecular flexibility index (Phi) is 4.40. The van der Waals surface area contributed by atoms with Crippen molar-refractivity contribution in [2.45, 2.75) is 26.3 Å². The summed E-state index contributed by atoms with van der Waals surface area (Å²) >= 11 is 0. The molecule has 2 rings (SSSR count). The Balaban J connectivity index is 2.19. The fourth-order valence-corrected chi connectivity index (χ4v) is 2.06. The Hall–Kier alpha value is -2.30. The van der Waals surface area contributed by atoms with Gasteiger partial charge in [-0.3, -0.25) is 4.68 Å². The van der Waals surface area contributed by atoms with Gasteiger partial charge in [-0.25, -0.2) is 4.79 Å². The van der Waals surface area contributed by atoms with Gasteiger partial charge in [0.2, 0.25) is 0 Å². The van der Waals surface area contributed by atoms with E-state index in [1.54, 1.807) is 18.0 Å². The first-order chi connectivity index (χ1) is 9.63. The average Bonchev–Trinajstić information content (AvgIpc) is 2.83. The molecule has 106 valence electrons. The Morgan fingerprint density at radius 3 is 2.60 bits per heavy atom. The first-order valence-corrected chi connectivity index (χ1v) is 6.56. The van der Waals surface area contributed by atoms with Crippen molar-refractivity contribution >= 4 is 5.97 Å². The molecule has 0 saturated heterocycles. The Morgan fingerprint density at radius 1 is 1.35 bits per heavy atom. The van der Waals surface area contributed by atoms with Crippen LogP contribution < -0.4 is 4.74 Å². The second-order valence-electron chi connectivity index (χ2n) is 4.59. The van der Waals surface area contributed by atoms with Gasteiger partial charge in [0, 0.05) is 6.20 Å². The SMILES string of the molecule is CCCc1nn(Cc2ccc(OC)cc2)cc1C(=O)O. The third-order valence-corrected chi connectivity index (χ3v) is 3.06. The van der Waals surface area contributed by atoms with Crippen molar-refractivity contribution in [3.8, 4) is 5.75 Å². The Labute approximate surface area is 117 Å². The van der Waals surface area contributed by atoms with Crippen molar-refractivity contribution in [1.82, 2.24) is 9.78 Å². The summed E-state index contributed by atoms with van der Waals surface area (Å²) in [5, 5.41) is 13.5. The molecular weight excluding hydrogens is 256 g/mol. The molecule has 0 saturated carbocycles. The van der Waals surface area contributed by atoms with Crippen molar-refractivity contribution in [2.24, 2.45) is 0 Å². The summed E-state index contributed by atoms with van der Waals surface area (Å²) in [6.45, 7) is 2.56. The summed E-state index contributed by atoms with van der Waals surface area (Å²) in [5.41, 5.74) is 1.99. The van der Waals surface area contributed by atoms with Crippen LogP contribution in [-0.2, 0) is 13.0 Å². The van der Waals surface area contributed by atoms with Gasteiger partial charge in [-0.15, -0.1) is 0 Å². The fourth-order valence-electron chi connectivity index (χ4n) is 2.06. The maximum atomic E-state index is 11.2. The number of carboxylic acid groups (broad SMARTS) is 1. The van der Waals surface area contributed by atoms with Gasteiger partial charge in [0.25, 0.3) is 0 Å². The molecule has 0 aliphatic heterocycles. The summed E-state index contributed by atoms with van der Waals surface area (Å²) in [7, 11) is 1.62. The predicted molar refractivity (Wildman–Crippen MR) is 75.3 cm³/mol. The molecule has 5 heteroatoms. The van der Waals surface area contributed by atoms with Gasteiger partial charge in [-0.1, -0.05) is 25.5 Å². The Morgan fingerprint density at radius 2 is 2.05 bits per heavy atom. The van der Waals surface area contributed by atoms with Crippen LogP contribution >= 0.6 is 0 Å². The minimum atomic E-state index is -0.922. The van der Waals surface area contributed by atoms with E-state index in [1.807, 2.05) is 31.2 Å². The lowest BCUT2D eigenvalue weighted by atomic mass is 10.2. The van der Waals surface area contributed by atoms with Gasteiger partial charge in [0.15, 0.2) is 0 Å². The van der Waals surface area contributed by atoms with Crippen LogP contribution in [0.5, 0.6) is 5.75 Å². The van der Waals surface area contributed by atoms with Crippen LogP contribution in [0.1, 0.15) is 35.0 Å². The number of methoxy groups -OCH3 is 1. The molecule has 1 aromatic carbocycles. The summed E-state index contributed by atoms with van der Waals surface area (Å²) in [5.74, 6) is -0.124. The van der Waals surface area contributed by atoms with Crippen LogP contribution in [0.25, 0.3) is 0 Å². The molecule has 5 nitrogen and oxygen atoms in total. The normalized spacial score (nSPS) is 10.5. The molecule has 0 fully saturated rings. The summed E-state index contributed by atoms with van der Waals surface area (Å²) in [6.07, 6.45) is 3.15. The number of rotatable bonds is 6. The lowest BCUT2D eigenvalue weighted by molar-refractivity contribution is 0.0695. The van der Waals surface area contributed by atoms with Crippen molar-refractivity contribution < 1.29 is 14.6 Å². The van der Waals surface area contributed by atoms with Gasteiger partial charge < -0.3 is 9.84 Å². The van der Waals surface area contributed by atoms with Crippen LogP contribution in [-0.4, -0.2) is 28.0 Å². The number of aryl methyl sites for hydroxylation is 1. The largest absolute Gasteiger partial charge is 0.497 e. The zero-order valence-electron chi connectivity index (χ0n) is 11.7. The van der Waals surface area contributed by atoms with Crippen LogP contribution in [0.2, 0.25) is 0 Å². The van der Waals surface area contributed by atoms with E-state index in [0.717, 1.165) is 17.7 Å². The van der Waals surface area contributed by atoms with Crippen LogP contribution in [0, 0.1) is 0 Å². The average molecular weight is 274 g/mol. The number of benzene rings is 1. The molecule has 2 aromatic rings. The van der Waals surface area contributed by atoms with E-state index in [-0.39, 0.29) is 0 Å². The molecule has 0 spiro atoms. The Bertz CT molecular complexity index is 588. The van der Waals surface area contributed by atoms with Gasteiger partial charge in [0.05, 0.1) is 19.3 Å². The quantitative estimate of drug-likeness (QED) is 0.879. The zero-order chi connectivity index (χ0) is 14.5. The molecule has 0 unspecified atom stereocenters. The topological polar surface area (TPSA) is 64.4 Å². The predicted octanol–water partition coefficient (Wildman–Crippen LogP) is 2.59. The van der Waals surface area contributed by atoms with E-state index in [0.29, 0.717) is 24.2 Å². The van der Waals surface area contributed by atoms with Crippen LogP contribution in [0.4, 0.5) is 0 Å². The first kappa shape index (κ1) is 14.1. The summed E-state index contributed by atoms with van der Waals surface area (Å²) in [4.78, 5) is 11.2. The number of aromatic nitrogens is 2. The lowest BCUT2D eigenvalue weighted by Crippen LogP contribution is -2.01. The highest BCUT2D eigenvalue weighted by Crippen LogP contribution is 2.14. The maximum absolute atomic E-state index is 11.2. The molecule has 0 aliphatic carbocycles. The first-order valence-electron chi connectivity index (χ1n) is 6.56. The molecule has 0 atom stereocenters. The number of carbonyl (C=O) groups is 1. The lowest BCUT2D eigenvalue weighted by Gasteiger charge is -2.03. The van der Waals surface area contributed by atoms with E-state index < -0.39 is 5.97 Å². The van der Waals surface area contributed by atoms with E-state index in [9.17, 15) is 9.90 Å². The molecule has 0 aliphatic rings. The van der Waals surface area contributed by atoms with Gasteiger partial charge in [0.1, 0.15) is 11.3 Å². The van der Waals surface area contributed by atoms with E-state index in [1.165, 1.54) is 0 Å². The molecule has 0 radical (unpaired) electrons. The third kappa shape index (κ3) is 3.17. The molecule has 1 N–H and O–H groups in total. The number of hydrogen-bond acceptors (Lipinski definition) is 3. The molecule has 0 amide bonds. The molecule has 1 heterocycles. The summed E-state index contributed by atoms with van der Waals surface area (Å²) < 4.78 is 6.78. The van der Waals surface area contributed by atoms with E-state index in [2.05, 4.69) is 5.10 Å². The maximum Gasteiger partial charge on any atom is 0.339 e. The van der Waals surface area contributed by atoms with E-state index in [4.69, 9.17) is 4.74 Å². The van der Waals surface area contributed by atoms with Crippen LogP contribution in [0.15, 0.2) is 30.5 Å². The van der Waals surface area contributed by atoms with Crippen molar-refractivity contribution in [2.75, 3.05) is 7.11 Å². The molecular formula is C15H18N2O3. The van der Waals surface area contributed by atoms with Gasteiger partial charge >= 0.3 is 5.97 Å². The molecule has 20 heavy (non-hydrogen) atoms. The monoisotopic (exact) mass is 274 g/mol. The number of hydrogen-bond donors (Lipinski definition) is 1. The summed E-state index contributed by atoms with van der Waals surface area (Å²) in [6, 6.07) is 7.65. The van der Waals surface area contributed by atoms with Crippen molar-refractivity contribution in [3.63, 3.8) is 0 Å². The molecule has 0 bridgehead atoms. The second kappa shape index (κ2) is 6.23. The van der Waals surface area contributed by atoms with Crippen LogP contribution in [0.3, 0.4) is 0 Å². The number of ether oxygens (including phenoxy) is 1. The highest BCUT2D eigenvalue weighted by atomic mass is 16.5. The number of carboxylic acids is 1. The van der Waals surface area contributed by atoms with Crippen molar-refractivity contribution in [3.05, 3.63) is 47.3 Å². The minimum absolute atomic E-state index is 0.292. The van der Waals surface area contributed by atoms with Gasteiger partial charge in [-0.05, 0) is 24.1 Å². The standard InChI is InChI=1S/C15H18N2O3/c1-3-4-14-13(15(18)19)10-17(16-14)9-11-5-7-12(20-2)8-6-11/h5-8,10H,3-4,9H2,1-2H3,(H,18,19). The smallest absolute Gasteiger partial charge is 0.339 e. The van der Waals surface area contributed by atoms with Crippen molar-refractivity contribution in [1.29, 1.82) is 0 Å². The fraction of sp³-hybridized carbons (Fsp3) is 0.333. The van der Waals surface area contributed by atoms with E-state index >= 15 is 0 Å². The third-order valence-electron chi connectivity index (χ3n) is 3.06. The number of nitrogens with zero attached hydrogens (tertiary/aromatic N) is 2. The zero-order valence-corrected chi connectivity index (χ0v) is 11.7. The molecule has 1 aromatic heterocycles. The second-order valence-corrected chi connectivity index (χ2v) is 4.59. The highest BCUT2D eigenvalue weighted by Gasteiger charge is 2.14. The van der Waals surface area contributed by atoms with Gasteiger partial charge in [-0.2, -0.15) is 5.10 Å². The minimum Gasteiger partial charge on any atom is -0.497 e.